The first-order valence-electron chi connectivity index (χ1n) is 10.5. The molecule has 180 valence electrons. The van der Waals surface area contributed by atoms with Crippen LogP contribution >= 0.6 is 35.0 Å². The highest BCUT2D eigenvalue weighted by Gasteiger charge is 2.15. The Morgan fingerprint density at radius 3 is 2.74 bits per heavy atom. The van der Waals surface area contributed by atoms with Gasteiger partial charge in [-0.05, 0) is 50.1 Å². The number of aromatic nitrogens is 3. The van der Waals surface area contributed by atoms with E-state index in [9.17, 15) is 14.9 Å². The molecule has 2 aromatic carbocycles. The molecule has 0 aliphatic heterocycles. The summed E-state index contributed by atoms with van der Waals surface area (Å²) < 4.78 is 7.79. The minimum absolute atomic E-state index is 0.0517. The lowest BCUT2D eigenvalue weighted by atomic mass is 10.2. The molecule has 0 bridgehead atoms. The fraction of sp³-hybridized carbons (Fsp3) is 0.318. The maximum atomic E-state index is 12.4. The summed E-state index contributed by atoms with van der Waals surface area (Å²) in [6.07, 6.45) is 1.42. The van der Waals surface area contributed by atoms with Gasteiger partial charge in [0, 0.05) is 30.1 Å². The fourth-order valence-corrected chi connectivity index (χ4v) is 4.37. The Bertz CT molecular complexity index is 1190. The quantitative estimate of drug-likeness (QED) is 0.151. The number of aryl methyl sites for hydroxylation is 2. The van der Waals surface area contributed by atoms with Crippen LogP contribution in [-0.4, -0.2) is 38.0 Å². The van der Waals surface area contributed by atoms with Gasteiger partial charge in [0.25, 0.3) is 5.69 Å². The summed E-state index contributed by atoms with van der Waals surface area (Å²) >= 11 is 13.2. The molecule has 1 amide bonds. The van der Waals surface area contributed by atoms with Crippen LogP contribution in [0.5, 0.6) is 5.75 Å². The number of nitrogens with one attached hydrogen (secondary N) is 1. The van der Waals surface area contributed by atoms with Crippen molar-refractivity contribution in [2.45, 2.75) is 38.4 Å². The molecule has 0 saturated carbocycles. The first-order chi connectivity index (χ1) is 16.3. The maximum absolute atomic E-state index is 12.4. The second-order valence-corrected chi connectivity index (χ2v) is 9.05. The summed E-state index contributed by atoms with van der Waals surface area (Å²) in [5.41, 5.74) is 1.01. The van der Waals surface area contributed by atoms with Gasteiger partial charge in [-0.1, -0.05) is 35.0 Å². The van der Waals surface area contributed by atoms with Crippen LogP contribution in [0, 0.1) is 17.0 Å². The van der Waals surface area contributed by atoms with Crippen LogP contribution in [0.15, 0.2) is 41.6 Å². The number of non-ortho nitro benzene ring substituents is 1. The van der Waals surface area contributed by atoms with E-state index < -0.39 is 4.92 Å². The molecule has 0 saturated heterocycles. The summed E-state index contributed by atoms with van der Waals surface area (Å²) in [6, 6.07) is 9.39. The number of amides is 1. The average Bonchev–Trinajstić information content (AvgIpc) is 3.19. The zero-order valence-electron chi connectivity index (χ0n) is 18.6. The number of hydrogen-bond acceptors (Lipinski definition) is 7. The molecule has 0 aliphatic carbocycles. The zero-order valence-corrected chi connectivity index (χ0v) is 20.9. The largest absolute Gasteiger partial charge is 0.493 e. The van der Waals surface area contributed by atoms with Crippen LogP contribution in [-0.2, 0) is 17.8 Å². The Kier molecular flexibility index (Phi) is 9.14. The Morgan fingerprint density at radius 2 is 2.03 bits per heavy atom. The molecule has 0 radical (unpaired) electrons. The van der Waals surface area contributed by atoms with E-state index in [-0.39, 0.29) is 28.1 Å². The highest BCUT2D eigenvalue weighted by Crippen LogP contribution is 2.27. The van der Waals surface area contributed by atoms with E-state index in [0.717, 1.165) is 23.6 Å². The van der Waals surface area contributed by atoms with Crippen molar-refractivity contribution in [3.05, 3.63) is 67.9 Å². The van der Waals surface area contributed by atoms with E-state index in [0.29, 0.717) is 29.8 Å². The number of ether oxygens (including phenoxy) is 1. The summed E-state index contributed by atoms with van der Waals surface area (Å²) in [4.78, 5) is 22.8. The van der Waals surface area contributed by atoms with Gasteiger partial charge in [-0.3, -0.25) is 14.9 Å². The molecular weight excluding hydrogens is 501 g/mol. The van der Waals surface area contributed by atoms with Crippen molar-refractivity contribution in [3.8, 4) is 5.75 Å². The van der Waals surface area contributed by atoms with Crippen molar-refractivity contribution in [3.63, 3.8) is 0 Å². The number of hydrogen-bond donors (Lipinski definition) is 1. The monoisotopic (exact) mass is 523 g/mol. The molecule has 1 heterocycles. The van der Waals surface area contributed by atoms with Crippen molar-refractivity contribution < 1.29 is 14.5 Å². The molecule has 9 nitrogen and oxygen atoms in total. The van der Waals surface area contributed by atoms with Crippen LogP contribution < -0.4 is 10.1 Å². The smallest absolute Gasteiger partial charge is 0.271 e. The van der Waals surface area contributed by atoms with Crippen molar-refractivity contribution >= 4 is 52.2 Å². The molecule has 0 atom stereocenters. The number of nitrogens with zero attached hydrogens (tertiary/aromatic N) is 4. The number of anilines is 1. The summed E-state index contributed by atoms with van der Waals surface area (Å²) in [6.45, 7) is 5.10. The van der Waals surface area contributed by atoms with E-state index in [1.807, 2.05) is 30.5 Å². The number of carbonyl (C=O) groups is 1. The molecule has 1 N–H and O–H groups in total. The Labute approximate surface area is 210 Å². The lowest BCUT2D eigenvalue weighted by Gasteiger charge is -2.10. The van der Waals surface area contributed by atoms with Crippen LogP contribution in [0.1, 0.15) is 24.7 Å². The van der Waals surface area contributed by atoms with Gasteiger partial charge in [-0.2, -0.15) is 0 Å². The molecule has 0 aliphatic rings. The van der Waals surface area contributed by atoms with Gasteiger partial charge in [0.15, 0.2) is 5.16 Å². The van der Waals surface area contributed by atoms with Crippen molar-refractivity contribution in [1.29, 1.82) is 0 Å². The maximum Gasteiger partial charge on any atom is 0.271 e. The molecule has 0 unspecified atom stereocenters. The lowest BCUT2D eigenvalue weighted by molar-refractivity contribution is -0.384. The molecule has 12 heteroatoms. The average molecular weight is 524 g/mol. The summed E-state index contributed by atoms with van der Waals surface area (Å²) in [5.74, 6) is 1.30. The van der Waals surface area contributed by atoms with Gasteiger partial charge < -0.3 is 14.6 Å². The Balaban J connectivity index is 1.52. The molecule has 3 aromatic rings. The second-order valence-electron chi connectivity index (χ2n) is 7.26. The topological polar surface area (TPSA) is 112 Å². The van der Waals surface area contributed by atoms with Gasteiger partial charge in [0.05, 0.1) is 28.0 Å². The third-order valence-corrected chi connectivity index (χ3v) is 6.35. The highest BCUT2D eigenvalue weighted by molar-refractivity contribution is 7.99. The molecular formula is C22H23Cl2N5O4S. The molecule has 1 aromatic heterocycles. The third kappa shape index (κ3) is 6.85. The van der Waals surface area contributed by atoms with Gasteiger partial charge in [0.1, 0.15) is 11.6 Å². The van der Waals surface area contributed by atoms with Gasteiger partial charge >= 0.3 is 0 Å². The van der Waals surface area contributed by atoms with Gasteiger partial charge in [-0.15, -0.1) is 10.2 Å². The van der Waals surface area contributed by atoms with Crippen LogP contribution in [0.4, 0.5) is 11.4 Å². The van der Waals surface area contributed by atoms with E-state index in [2.05, 4.69) is 15.5 Å². The van der Waals surface area contributed by atoms with Crippen LogP contribution in [0.3, 0.4) is 0 Å². The normalized spacial score (nSPS) is 10.8. The molecule has 34 heavy (non-hydrogen) atoms. The number of halogens is 2. The van der Waals surface area contributed by atoms with Gasteiger partial charge in [0.2, 0.25) is 5.91 Å². The van der Waals surface area contributed by atoms with Gasteiger partial charge in [-0.25, -0.2) is 0 Å². The number of thioether (sulfide) groups is 1. The molecule has 0 spiro atoms. The van der Waals surface area contributed by atoms with Crippen molar-refractivity contribution in [1.82, 2.24) is 14.8 Å². The van der Waals surface area contributed by atoms with E-state index in [1.54, 1.807) is 6.07 Å². The summed E-state index contributed by atoms with van der Waals surface area (Å²) in [5, 5.41) is 23.5. The SMILES string of the molecule is CCn1c(CCCOc2ccc(Cl)cc2C)nnc1SCC(=O)Nc1cc([N+](=O)[O-])ccc1Cl. The minimum atomic E-state index is -0.548. The number of benzene rings is 2. The summed E-state index contributed by atoms with van der Waals surface area (Å²) in [7, 11) is 0. The molecule has 0 fully saturated rings. The standard InChI is InChI=1S/C22H23Cl2N5O4S/c1-3-28-20(5-4-10-33-19-9-6-15(23)11-14(19)2)26-27-22(28)34-13-21(30)25-18-12-16(29(31)32)7-8-17(18)24/h6-9,11-12H,3-5,10,13H2,1-2H3,(H,25,30). The highest BCUT2D eigenvalue weighted by atomic mass is 35.5. The Morgan fingerprint density at radius 1 is 1.24 bits per heavy atom. The fourth-order valence-electron chi connectivity index (χ4n) is 3.15. The molecule has 3 rings (SSSR count). The lowest BCUT2D eigenvalue weighted by Crippen LogP contribution is -2.15. The third-order valence-electron chi connectivity index (χ3n) is 4.82. The Hall–Kier alpha value is -2.82. The zero-order chi connectivity index (χ0) is 24.7. The minimum Gasteiger partial charge on any atom is -0.493 e. The van der Waals surface area contributed by atoms with E-state index in [4.69, 9.17) is 27.9 Å². The van der Waals surface area contributed by atoms with E-state index >= 15 is 0 Å². The number of rotatable bonds is 11. The first kappa shape index (κ1) is 25.8. The van der Waals surface area contributed by atoms with E-state index in [1.165, 1.54) is 30.0 Å². The van der Waals surface area contributed by atoms with Crippen molar-refractivity contribution in [2.75, 3.05) is 17.7 Å². The van der Waals surface area contributed by atoms with Crippen molar-refractivity contribution in [2.24, 2.45) is 0 Å². The number of carbonyl (C=O) groups excluding carboxylic acids is 1. The predicted molar refractivity (Wildman–Crippen MR) is 133 cm³/mol. The van der Waals surface area contributed by atoms with Crippen LogP contribution in [0.2, 0.25) is 10.0 Å². The number of nitro benzene ring substituents is 1. The second kappa shape index (κ2) is 12.0. The predicted octanol–water partition coefficient (Wildman–Crippen LogP) is 5.56. The first-order valence-corrected chi connectivity index (χ1v) is 12.2. The number of nitro groups is 1. The van der Waals surface area contributed by atoms with Crippen LogP contribution in [0.25, 0.3) is 0 Å².